The number of fused-ring (bicyclic) bond motifs is 1. The molecular weight excluding hydrogens is 204 g/mol. The molecule has 3 rings (SSSR count). The smallest absolute Gasteiger partial charge is 0.165 e. The summed E-state index contributed by atoms with van der Waals surface area (Å²) >= 11 is 0. The number of nitrogen functional groups attached to an aromatic ring is 1. The van der Waals surface area contributed by atoms with Crippen molar-refractivity contribution < 1.29 is 0 Å². The fourth-order valence-corrected chi connectivity index (χ4v) is 2.21. The first kappa shape index (κ1) is 9.53. The molecule has 0 amide bonds. The summed E-state index contributed by atoms with van der Waals surface area (Å²) in [6.07, 6.45) is 5.65. The number of nitrogens with one attached hydrogen (secondary N) is 1. The monoisotopic (exact) mass is 218 g/mol. The molecule has 0 spiro atoms. The number of imidazole rings is 1. The summed E-state index contributed by atoms with van der Waals surface area (Å²) in [5.41, 5.74) is 7.29. The van der Waals surface area contributed by atoms with Gasteiger partial charge in [-0.3, -0.25) is 0 Å². The quantitative estimate of drug-likeness (QED) is 0.721. The molecule has 1 unspecified atom stereocenters. The summed E-state index contributed by atoms with van der Waals surface area (Å²) in [4.78, 5) is 12.5. The van der Waals surface area contributed by atoms with Gasteiger partial charge >= 0.3 is 0 Å². The van der Waals surface area contributed by atoms with Crippen molar-refractivity contribution in [2.75, 3.05) is 18.8 Å². The predicted molar refractivity (Wildman–Crippen MR) is 60.9 cm³/mol. The van der Waals surface area contributed by atoms with Crippen LogP contribution in [-0.4, -0.2) is 32.6 Å². The van der Waals surface area contributed by atoms with E-state index in [1.807, 2.05) is 6.33 Å². The number of aromatic nitrogens is 4. The third-order valence-electron chi connectivity index (χ3n) is 3.05. The highest BCUT2D eigenvalue weighted by Crippen LogP contribution is 2.22. The SMILES string of the molecule is Nc1ncnc2c1ncn2C1CCCNC1. The molecule has 0 aromatic carbocycles. The lowest BCUT2D eigenvalue weighted by Gasteiger charge is -2.24. The van der Waals surface area contributed by atoms with Gasteiger partial charge in [-0.25, -0.2) is 15.0 Å². The van der Waals surface area contributed by atoms with E-state index in [2.05, 4.69) is 24.8 Å². The molecule has 84 valence electrons. The fourth-order valence-electron chi connectivity index (χ4n) is 2.21. The molecule has 0 saturated carbocycles. The van der Waals surface area contributed by atoms with Crippen LogP contribution in [0.4, 0.5) is 5.82 Å². The van der Waals surface area contributed by atoms with E-state index >= 15 is 0 Å². The number of anilines is 1. The number of rotatable bonds is 1. The lowest BCUT2D eigenvalue weighted by molar-refractivity contribution is 0.376. The lowest BCUT2D eigenvalue weighted by atomic mass is 10.1. The van der Waals surface area contributed by atoms with Crippen LogP contribution in [0.5, 0.6) is 0 Å². The molecular formula is C10H14N6. The molecule has 0 bridgehead atoms. The van der Waals surface area contributed by atoms with E-state index < -0.39 is 0 Å². The van der Waals surface area contributed by atoms with Gasteiger partial charge < -0.3 is 15.6 Å². The van der Waals surface area contributed by atoms with Crippen molar-refractivity contribution in [3.05, 3.63) is 12.7 Å². The Morgan fingerprint density at radius 1 is 1.38 bits per heavy atom. The number of nitrogens with two attached hydrogens (primary N) is 1. The van der Waals surface area contributed by atoms with Gasteiger partial charge in [-0.2, -0.15) is 0 Å². The van der Waals surface area contributed by atoms with Crippen LogP contribution in [0.25, 0.3) is 11.2 Å². The minimum atomic E-state index is 0.424. The Kier molecular flexibility index (Phi) is 2.21. The Bertz CT molecular complexity index is 499. The van der Waals surface area contributed by atoms with Gasteiger partial charge in [-0.05, 0) is 19.4 Å². The van der Waals surface area contributed by atoms with Crippen LogP contribution >= 0.6 is 0 Å². The summed E-state index contributed by atoms with van der Waals surface area (Å²) in [6.45, 7) is 2.07. The Balaban J connectivity index is 2.06. The number of piperidine rings is 1. The minimum absolute atomic E-state index is 0.424. The minimum Gasteiger partial charge on any atom is -0.382 e. The molecule has 0 radical (unpaired) electrons. The molecule has 16 heavy (non-hydrogen) atoms. The van der Waals surface area contributed by atoms with E-state index in [1.165, 1.54) is 12.7 Å². The van der Waals surface area contributed by atoms with Gasteiger partial charge in [0.15, 0.2) is 11.5 Å². The Morgan fingerprint density at radius 3 is 3.12 bits per heavy atom. The molecule has 1 fully saturated rings. The van der Waals surface area contributed by atoms with Crippen LogP contribution < -0.4 is 11.1 Å². The zero-order chi connectivity index (χ0) is 11.0. The molecule has 0 aliphatic carbocycles. The molecule has 1 atom stereocenters. The summed E-state index contributed by atoms with van der Waals surface area (Å²) in [6, 6.07) is 0.424. The van der Waals surface area contributed by atoms with Crippen molar-refractivity contribution in [3.8, 4) is 0 Å². The second-order valence-electron chi connectivity index (χ2n) is 4.08. The third-order valence-corrected chi connectivity index (χ3v) is 3.05. The molecule has 1 aliphatic heterocycles. The second kappa shape index (κ2) is 3.71. The maximum atomic E-state index is 5.76. The molecule has 2 aromatic rings. The van der Waals surface area contributed by atoms with Gasteiger partial charge in [0.1, 0.15) is 11.8 Å². The van der Waals surface area contributed by atoms with E-state index in [0.717, 1.165) is 25.2 Å². The van der Waals surface area contributed by atoms with Crippen LogP contribution in [0.15, 0.2) is 12.7 Å². The van der Waals surface area contributed by atoms with Gasteiger partial charge in [0, 0.05) is 12.6 Å². The molecule has 6 nitrogen and oxygen atoms in total. The Morgan fingerprint density at radius 2 is 2.31 bits per heavy atom. The third kappa shape index (κ3) is 1.42. The van der Waals surface area contributed by atoms with E-state index in [4.69, 9.17) is 5.73 Å². The van der Waals surface area contributed by atoms with E-state index in [0.29, 0.717) is 17.4 Å². The predicted octanol–water partition coefficient (Wildman–Crippen LogP) is 0.333. The molecule has 1 saturated heterocycles. The summed E-state index contributed by atoms with van der Waals surface area (Å²) in [7, 11) is 0. The first-order chi connectivity index (χ1) is 7.86. The Labute approximate surface area is 92.9 Å². The highest BCUT2D eigenvalue weighted by atomic mass is 15.2. The van der Waals surface area contributed by atoms with Crippen molar-refractivity contribution in [3.63, 3.8) is 0 Å². The van der Waals surface area contributed by atoms with Gasteiger partial charge in [0.25, 0.3) is 0 Å². The largest absolute Gasteiger partial charge is 0.382 e. The van der Waals surface area contributed by atoms with Crippen molar-refractivity contribution in [2.24, 2.45) is 0 Å². The molecule has 3 heterocycles. The van der Waals surface area contributed by atoms with Crippen LogP contribution in [0.1, 0.15) is 18.9 Å². The highest BCUT2D eigenvalue weighted by molar-refractivity contribution is 5.81. The first-order valence-electron chi connectivity index (χ1n) is 5.50. The first-order valence-corrected chi connectivity index (χ1v) is 5.50. The average molecular weight is 218 g/mol. The van der Waals surface area contributed by atoms with Crippen molar-refractivity contribution in [2.45, 2.75) is 18.9 Å². The van der Waals surface area contributed by atoms with Gasteiger partial charge in [0.2, 0.25) is 0 Å². The molecule has 6 heteroatoms. The fraction of sp³-hybridized carbons (Fsp3) is 0.500. The number of hydrogen-bond acceptors (Lipinski definition) is 5. The van der Waals surface area contributed by atoms with E-state index in [1.54, 1.807) is 0 Å². The topological polar surface area (TPSA) is 81.7 Å². The van der Waals surface area contributed by atoms with Gasteiger partial charge in [0.05, 0.1) is 6.33 Å². The maximum absolute atomic E-state index is 5.76. The van der Waals surface area contributed by atoms with Crippen molar-refractivity contribution >= 4 is 17.0 Å². The number of hydrogen-bond donors (Lipinski definition) is 2. The van der Waals surface area contributed by atoms with E-state index in [9.17, 15) is 0 Å². The highest BCUT2D eigenvalue weighted by Gasteiger charge is 2.18. The van der Waals surface area contributed by atoms with Crippen LogP contribution in [0.2, 0.25) is 0 Å². The van der Waals surface area contributed by atoms with Crippen molar-refractivity contribution in [1.82, 2.24) is 24.8 Å². The lowest BCUT2D eigenvalue weighted by Crippen LogP contribution is -2.31. The van der Waals surface area contributed by atoms with Gasteiger partial charge in [-0.15, -0.1) is 0 Å². The van der Waals surface area contributed by atoms with Gasteiger partial charge in [-0.1, -0.05) is 0 Å². The summed E-state index contributed by atoms with van der Waals surface area (Å²) in [5, 5.41) is 3.38. The molecule has 2 aromatic heterocycles. The summed E-state index contributed by atoms with van der Waals surface area (Å²) < 4.78 is 2.10. The average Bonchev–Trinajstić information content (AvgIpc) is 2.75. The molecule has 1 aliphatic rings. The number of nitrogens with zero attached hydrogens (tertiary/aromatic N) is 4. The zero-order valence-corrected chi connectivity index (χ0v) is 8.93. The normalized spacial score (nSPS) is 21.4. The van der Waals surface area contributed by atoms with Crippen LogP contribution in [0, 0.1) is 0 Å². The van der Waals surface area contributed by atoms with E-state index in [-0.39, 0.29) is 0 Å². The van der Waals surface area contributed by atoms with Crippen LogP contribution in [0.3, 0.4) is 0 Å². The maximum Gasteiger partial charge on any atom is 0.165 e. The Hall–Kier alpha value is -1.69. The van der Waals surface area contributed by atoms with Crippen molar-refractivity contribution in [1.29, 1.82) is 0 Å². The second-order valence-corrected chi connectivity index (χ2v) is 4.08. The van der Waals surface area contributed by atoms with Crippen LogP contribution in [-0.2, 0) is 0 Å². The zero-order valence-electron chi connectivity index (χ0n) is 8.93. The summed E-state index contributed by atoms with van der Waals surface area (Å²) in [5.74, 6) is 0.451. The standard InChI is InChI=1S/C10H14N6/c11-9-8-10(14-5-13-9)16(6-15-8)7-2-1-3-12-4-7/h5-7,12H,1-4H2,(H2,11,13,14). The molecule has 3 N–H and O–H groups in total.